The van der Waals surface area contributed by atoms with E-state index in [-0.39, 0.29) is 5.54 Å². The van der Waals surface area contributed by atoms with E-state index in [0.29, 0.717) is 12.0 Å². The topological polar surface area (TPSA) is 48.3 Å². The number of nitrogens with one attached hydrogen (secondary N) is 1. The van der Waals surface area contributed by atoms with Crippen molar-refractivity contribution in [2.75, 3.05) is 33.3 Å². The number of hydrogen-bond donors (Lipinski definition) is 1. The summed E-state index contributed by atoms with van der Waals surface area (Å²) in [5.41, 5.74) is -0.335. The highest BCUT2D eigenvalue weighted by Crippen LogP contribution is 2.21. The van der Waals surface area contributed by atoms with Gasteiger partial charge < -0.3 is 9.64 Å². The Balaban J connectivity index is 2.38. The van der Waals surface area contributed by atoms with Crippen molar-refractivity contribution in [3.63, 3.8) is 0 Å². The minimum atomic E-state index is -0.335. The largest absolute Gasteiger partial charge is 0.380 e. The van der Waals surface area contributed by atoms with E-state index >= 15 is 0 Å². The first-order valence-electron chi connectivity index (χ1n) is 8.02. The summed E-state index contributed by atoms with van der Waals surface area (Å²) in [5.74, 6) is 0.659. The minimum Gasteiger partial charge on any atom is -0.380 e. The van der Waals surface area contributed by atoms with Gasteiger partial charge in [-0.3, -0.25) is 5.32 Å². The van der Waals surface area contributed by atoms with Gasteiger partial charge in [0.05, 0.1) is 12.2 Å². The maximum atomic E-state index is 9.41. The number of ether oxygens (including phenoxy) is 1. The van der Waals surface area contributed by atoms with Crippen LogP contribution in [0.1, 0.15) is 46.5 Å². The van der Waals surface area contributed by atoms with Crippen LogP contribution in [-0.2, 0) is 4.74 Å². The summed E-state index contributed by atoms with van der Waals surface area (Å²) in [7, 11) is 1.81. The molecular formula is C16H31N3O. The van der Waals surface area contributed by atoms with E-state index in [1.807, 2.05) is 7.11 Å². The van der Waals surface area contributed by atoms with E-state index in [4.69, 9.17) is 4.74 Å². The Morgan fingerprint density at radius 1 is 1.45 bits per heavy atom. The molecule has 0 aromatic rings. The molecule has 0 aliphatic carbocycles. The summed E-state index contributed by atoms with van der Waals surface area (Å²) in [6.45, 7) is 10.6. The van der Waals surface area contributed by atoms with Crippen molar-refractivity contribution in [2.24, 2.45) is 5.92 Å². The van der Waals surface area contributed by atoms with Crippen molar-refractivity contribution in [1.82, 2.24) is 10.2 Å². The van der Waals surface area contributed by atoms with E-state index < -0.39 is 0 Å². The molecule has 1 N–H and O–H groups in total. The van der Waals surface area contributed by atoms with Crippen molar-refractivity contribution in [3.8, 4) is 6.07 Å². The molecule has 0 aromatic heterocycles. The molecule has 1 aliphatic heterocycles. The molecule has 20 heavy (non-hydrogen) atoms. The maximum absolute atomic E-state index is 9.41. The summed E-state index contributed by atoms with van der Waals surface area (Å²) in [5, 5.41) is 12.8. The van der Waals surface area contributed by atoms with Crippen LogP contribution < -0.4 is 5.32 Å². The average molecular weight is 281 g/mol. The van der Waals surface area contributed by atoms with E-state index in [2.05, 4.69) is 37.1 Å². The zero-order valence-electron chi connectivity index (χ0n) is 13.6. The van der Waals surface area contributed by atoms with Gasteiger partial charge in [0.1, 0.15) is 5.54 Å². The van der Waals surface area contributed by atoms with Crippen LogP contribution >= 0.6 is 0 Å². The molecule has 0 amide bonds. The molecule has 0 spiro atoms. The van der Waals surface area contributed by atoms with Crippen molar-refractivity contribution in [3.05, 3.63) is 0 Å². The Kier molecular flexibility index (Phi) is 7.50. The molecule has 1 fully saturated rings. The Labute approximate surface area is 124 Å². The molecule has 1 aliphatic rings. The average Bonchev–Trinajstić information content (AvgIpc) is 2.48. The summed E-state index contributed by atoms with van der Waals surface area (Å²) >= 11 is 0. The lowest BCUT2D eigenvalue weighted by molar-refractivity contribution is -0.00558. The van der Waals surface area contributed by atoms with Crippen LogP contribution in [0.4, 0.5) is 0 Å². The molecule has 116 valence electrons. The zero-order chi connectivity index (χ0) is 15.0. The third-order valence-electron chi connectivity index (χ3n) is 4.69. The lowest BCUT2D eigenvalue weighted by Crippen LogP contribution is -2.46. The summed E-state index contributed by atoms with van der Waals surface area (Å²) in [6.07, 6.45) is 4.44. The van der Waals surface area contributed by atoms with E-state index in [0.717, 1.165) is 45.4 Å². The third kappa shape index (κ3) is 4.73. The molecule has 1 saturated heterocycles. The molecule has 4 heteroatoms. The van der Waals surface area contributed by atoms with E-state index in [1.165, 1.54) is 6.42 Å². The van der Waals surface area contributed by atoms with Crippen molar-refractivity contribution < 1.29 is 4.74 Å². The normalized spacial score (nSPS) is 26.9. The highest BCUT2D eigenvalue weighted by atomic mass is 16.5. The van der Waals surface area contributed by atoms with Gasteiger partial charge in [0.25, 0.3) is 0 Å². The van der Waals surface area contributed by atoms with E-state index in [1.54, 1.807) is 0 Å². The Hall–Kier alpha value is -0.630. The third-order valence-corrected chi connectivity index (χ3v) is 4.69. The van der Waals surface area contributed by atoms with Gasteiger partial charge in [-0.25, -0.2) is 0 Å². The van der Waals surface area contributed by atoms with Crippen LogP contribution in [0.5, 0.6) is 0 Å². The first-order chi connectivity index (χ1) is 9.60. The smallest absolute Gasteiger partial charge is 0.106 e. The van der Waals surface area contributed by atoms with Crippen LogP contribution in [0, 0.1) is 17.2 Å². The highest BCUT2D eigenvalue weighted by Gasteiger charge is 2.28. The summed E-state index contributed by atoms with van der Waals surface area (Å²) in [6, 6.07) is 2.48. The minimum absolute atomic E-state index is 0.335. The number of hydrogen-bond acceptors (Lipinski definition) is 4. The molecule has 0 bridgehead atoms. The number of nitriles is 1. The van der Waals surface area contributed by atoms with Crippen molar-refractivity contribution in [2.45, 2.75) is 58.1 Å². The Morgan fingerprint density at radius 3 is 2.75 bits per heavy atom. The Bertz CT molecular complexity index is 315. The van der Waals surface area contributed by atoms with Crippen LogP contribution in [-0.4, -0.2) is 49.8 Å². The SMILES string of the molecule is CCNC(C#N)(CC)CCCN1CCC(C)C(OC)C1. The molecule has 4 nitrogen and oxygen atoms in total. The summed E-state index contributed by atoms with van der Waals surface area (Å²) < 4.78 is 5.56. The highest BCUT2D eigenvalue weighted by molar-refractivity contribution is 5.06. The van der Waals surface area contributed by atoms with Gasteiger partial charge in [0, 0.05) is 13.7 Å². The number of nitrogens with zero attached hydrogens (tertiary/aromatic N) is 2. The van der Waals surface area contributed by atoms with Gasteiger partial charge in [-0.15, -0.1) is 0 Å². The van der Waals surface area contributed by atoms with Gasteiger partial charge in [-0.2, -0.15) is 5.26 Å². The number of piperidine rings is 1. The molecule has 0 radical (unpaired) electrons. The van der Waals surface area contributed by atoms with Gasteiger partial charge in [-0.1, -0.05) is 20.8 Å². The fraction of sp³-hybridized carbons (Fsp3) is 0.938. The fourth-order valence-corrected chi connectivity index (χ4v) is 3.12. The Morgan fingerprint density at radius 2 is 2.20 bits per heavy atom. The molecule has 3 unspecified atom stereocenters. The second-order valence-electron chi connectivity index (χ2n) is 6.02. The fourth-order valence-electron chi connectivity index (χ4n) is 3.12. The van der Waals surface area contributed by atoms with Crippen LogP contribution in [0.25, 0.3) is 0 Å². The second kappa shape index (κ2) is 8.61. The van der Waals surface area contributed by atoms with Gasteiger partial charge in [-0.05, 0) is 51.2 Å². The molecular weight excluding hydrogens is 250 g/mol. The predicted octanol–water partition coefficient (Wildman–Crippen LogP) is 2.41. The molecule has 3 atom stereocenters. The van der Waals surface area contributed by atoms with Crippen molar-refractivity contribution in [1.29, 1.82) is 5.26 Å². The maximum Gasteiger partial charge on any atom is 0.106 e. The molecule has 1 rings (SSSR count). The standard InChI is InChI=1S/C16H31N3O/c1-5-16(13-17,18-6-2)9-7-10-19-11-8-14(3)15(12-19)20-4/h14-15,18H,5-12H2,1-4H3. The van der Waals surface area contributed by atoms with Crippen LogP contribution in [0.2, 0.25) is 0 Å². The molecule has 0 aromatic carbocycles. The van der Waals surface area contributed by atoms with Crippen LogP contribution in [0.15, 0.2) is 0 Å². The molecule has 0 saturated carbocycles. The van der Waals surface area contributed by atoms with E-state index in [9.17, 15) is 5.26 Å². The van der Waals surface area contributed by atoms with Gasteiger partial charge >= 0.3 is 0 Å². The van der Waals surface area contributed by atoms with Crippen LogP contribution in [0.3, 0.4) is 0 Å². The number of likely N-dealkylation sites (tertiary alicyclic amines) is 1. The molecule has 1 heterocycles. The number of methoxy groups -OCH3 is 1. The monoisotopic (exact) mass is 281 g/mol. The van der Waals surface area contributed by atoms with Gasteiger partial charge in [0.2, 0.25) is 0 Å². The zero-order valence-corrected chi connectivity index (χ0v) is 13.6. The van der Waals surface area contributed by atoms with Crippen molar-refractivity contribution >= 4 is 0 Å². The second-order valence-corrected chi connectivity index (χ2v) is 6.02. The number of rotatable bonds is 8. The predicted molar refractivity (Wildman–Crippen MR) is 82.6 cm³/mol. The lowest BCUT2D eigenvalue weighted by Gasteiger charge is -2.36. The lowest BCUT2D eigenvalue weighted by atomic mass is 9.91. The van der Waals surface area contributed by atoms with Gasteiger partial charge in [0.15, 0.2) is 0 Å². The summed E-state index contributed by atoms with van der Waals surface area (Å²) in [4.78, 5) is 2.48. The first-order valence-corrected chi connectivity index (χ1v) is 8.02. The quantitative estimate of drug-likeness (QED) is 0.742. The first kappa shape index (κ1) is 17.4.